The summed E-state index contributed by atoms with van der Waals surface area (Å²) in [4.78, 5) is 24.9. The number of carbonyl (C=O) groups excluding carboxylic acids is 2. The lowest BCUT2D eigenvalue weighted by Gasteiger charge is -2.15. The Kier molecular flexibility index (Phi) is 28.0. The monoisotopic (exact) mass is 644 g/mol. The van der Waals surface area contributed by atoms with Crippen LogP contribution in [0.2, 0.25) is 0 Å². The molecule has 0 rings (SSSR count). The van der Waals surface area contributed by atoms with Crippen molar-refractivity contribution in [3.8, 4) is 0 Å². The molecule has 0 N–H and O–H groups in total. The average molecular weight is 644 g/mol. The number of esters is 2. The van der Waals surface area contributed by atoms with Gasteiger partial charge in [0.2, 0.25) is 0 Å². The van der Waals surface area contributed by atoms with Crippen LogP contribution < -0.4 is 0 Å². The minimum atomic E-state index is -3.28. The van der Waals surface area contributed by atoms with E-state index in [9.17, 15) is 9.59 Å². The van der Waals surface area contributed by atoms with Gasteiger partial charge in [-0.15, -0.1) is 11.6 Å². The largest absolute Gasteiger partial charge is 0.462 e. The number of hydrogen-bond acceptors (Lipinski definition) is 4. The summed E-state index contributed by atoms with van der Waals surface area (Å²) in [5.74, 6) is -5.01. The van der Waals surface area contributed by atoms with Gasteiger partial charge < -0.3 is 9.47 Å². The zero-order chi connectivity index (χ0) is 36.7. The van der Waals surface area contributed by atoms with Crippen molar-refractivity contribution in [3.63, 3.8) is 0 Å². The number of halogens is 1. The Bertz CT molecular complexity index is 878. The number of rotatable bonds is 34. The number of carbonyl (C=O) groups is 2. The van der Waals surface area contributed by atoms with Crippen molar-refractivity contribution in [2.24, 2.45) is 0 Å². The molecule has 44 heavy (non-hydrogen) atoms. The average Bonchev–Trinajstić information content (AvgIpc) is 3.03. The molecule has 0 aromatic carbocycles. The smallest absolute Gasteiger partial charge is 0.306 e. The first-order valence-electron chi connectivity index (χ1n) is 20.8. The molecule has 0 amide bonds. The lowest BCUT2D eigenvalue weighted by Crippen LogP contribution is -2.26. The molecule has 0 aliphatic rings. The van der Waals surface area contributed by atoms with Crippen molar-refractivity contribution in [2.45, 2.75) is 200 Å². The van der Waals surface area contributed by atoms with Crippen LogP contribution in [-0.4, -0.2) is 30.4 Å². The lowest BCUT2D eigenvalue weighted by atomic mass is 10.1. The van der Waals surface area contributed by atoms with Crippen LogP contribution in [0.1, 0.15) is 200 Å². The van der Waals surface area contributed by atoms with Crippen LogP contribution in [-0.2, 0) is 19.1 Å². The van der Waals surface area contributed by atoms with Crippen LogP contribution >= 0.6 is 11.6 Å². The summed E-state index contributed by atoms with van der Waals surface area (Å²) in [5.41, 5.74) is 0. The van der Waals surface area contributed by atoms with Gasteiger partial charge in [-0.3, -0.25) is 9.59 Å². The Morgan fingerprint density at radius 1 is 0.568 bits per heavy atom. The van der Waals surface area contributed by atoms with Gasteiger partial charge in [-0.1, -0.05) is 141 Å². The fourth-order valence-electron chi connectivity index (χ4n) is 5.06. The van der Waals surface area contributed by atoms with Crippen LogP contribution in [0.3, 0.4) is 0 Å². The Morgan fingerprint density at radius 3 is 1.30 bits per heavy atom. The van der Waals surface area contributed by atoms with E-state index in [-0.39, 0.29) is 12.8 Å². The predicted molar refractivity (Wildman–Crippen MR) is 190 cm³/mol. The molecule has 0 aromatic heterocycles. The summed E-state index contributed by atoms with van der Waals surface area (Å²) < 4.78 is 50.2. The van der Waals surface area contributed by atoms with E-state index in [4.69, 9.17) is 27.9 Å². The lowest BCUT2D eigenvalue weighted by molar-refractivity contribution is -0.157. The Hall–Kier alpha value is -1.29. The quantitative estimate of drug-likeness (QED) is 0.0303. The number of ether oxygens (including phenoxy) is 2. The second-order valence-electron chi connectivity index (χ2n) is 12.1. The first kappa shape index (κ1) is 34.1. The predicted octanol–water partition coefficient (Wildman–Crippen LogP) is 12.8. The molecular weight excluding hydrogens is 568 g/mol. The van der Waals surface area contributed by atoms with Crippen molar-refractivity contribution >= 4 is 23.5 Å². The molecule has 5 heteroatoms. The minimum absolute atomic E-state index is 0.0815. The molecule has 1 unspecified atom stereocenters. The molecule has 0 saturated carbocycles. The highest BCUT2D eigenvalue weighted by molar-refractivity contribution is 6.18. The third kappa shape index (κ3) is 33.6. The van der Waals surface area contributed by atoms with E-state index in [2.05, 4.69) is 38.2 Å². The maximum Gasteiger partial charge on any atom is 0.306 e. The molecule has 0 saturated heterocycles. The van der Waals surface area contributed by atoms with Crippen LogP contribution in [0.4, 0.5) is 0 Å². The summed E-state index contributed by atoms with van der Waals surface area (Å²) >= 11 is 5.72. The van der Waals surface area contributed by atoms with Gasteiger partial charge in [-0.05, 0) is 64.2 Å². The van der Waals surface area contributed by atoms with Gasteiger partial charge in [0.25, 0.3) is 0 Å². The molecule has 4 nitrogen and oxygen atoms in total. The topological polar surface area (TPSA) is 52.6 Å². The van der Waals surface area contributed by atoms with Crippen molar-refractivity contribution in [1.82, 2.24) is 0 Å². The number of hydrogen-bond donors (Lipinski definition) is 0. The standard InChI is InChI=1S/C39H71ClO4/c1-3-5-7-9-11-13-15-17-19-21-23-25-27-29-31-33-38(41)43-36-37(35-40)44-39(42)34-32-30-28-26-24-22-20-18-16-14-12-10-8-6-4-2/h17-20,37H,3-16,21-36H2,1-2H3/b19-17+,20-18+/i35D2,36D2,37D. The molecule has 0 radical (unpaired) electrons. The first-order chi connectivity index (χ1) is 23.4. The number of unbranched alkanes of at least 4 members (excludes halogenated alkanes) is 22. The van der Waals surface area contributed by atoms with Crippen molar-refractivity contribution in [2.75, 3.05) is 12.4 Å². The molecule has 258 valence electrons. The van der Waals surface area contributed by atoms with Crippen molar-refractivity contribution in [1.29, 1.82) is 0 Å². The molecule has 0 aliphatic heterocycles. The van der Waals surface area contributed by atoms with Crippen LogP contribution in [0, 0.1) is 0 Å². The third-order valence-electron chi connectivity index (χ3n) is 7.84. The van der Waals surface area contributed by atoms with E-state index < -0.39 is 30.4 Å². The third-order valence-corrected chi connectivity index (χ3v) is 8.02. The molecule has 0 bridgehead atoms. The molecule has 0 spiro atoms. The van der Waals surface area contributed by atoms with Crippen LogP contribution in [0.15, 0.2) is 24.3 Å². The highest BCUT2D eigenvalue weighted by Crippen LogP contribution is 2.13. The molecule has 0 aliphatic carbocycles. The van der Waals surface area contributed by atoms with Gasteiger partial charge in [0.15, 0.2) is 0 Å². The fourth-order valence-corrected chi connectivity index (χ4v) is 5.14. The number of alkyl halides is 1. The Morgan fingerprint density at radius 2 is 0.909 bits per heavy atom. The zero-order valence-electron chi connectivity index (χ0n) is 33.6. The van der Waals surface area contributed by atoms with E-state index in [0.717, 1.165) is 77.0 Å². The van der Waals surface area contributed by atoms with Crippen LogP contribution in [0.25, 0.3) is 0 Å². The second-order valence-corrected chi connectivity index (χ2v) is 12.3. The van der Waals surface area contributed by atoms with E-state index in [1.165, 1.54) is 77.0 Å². The van der Waals surface area contributed by atoms with Gasteiger partial charge in [0.05, 0.1) is 9.94 Å². The summed E-state index contributed by atoms with van der Waals surface area (Å²) in [5, 5.41) is 0. The molecule has 0 aromatic rings. The van der Waals surface area contributed by atoms with E-state index in [0.29, 0.717) is 12.8 Å². The summed E-state index contributed by atoms with van der Waals surface area (Å²) in [6, 6.07) is 0. The van der Waals surface area contributed by atoms with Gasteiger partial charge in [0, 0.05) is 15.6 Å². The van der Waals surface area contributed by atoms with Crippen LogP contribution in [0.5, 0.6) is 0 Å². The van der Waals surface area contributed by atoms with E-state index in [1.807, 2.05) is 0 Å². The van der Waals surface area contributed by atoms with Gasteiger partial charge in [0.1, 0.15) is 12.6 Å². The zero-order valence-corrected chi connectivity index (χ0v) is 29.4. The summed E-state index contributed by atoms with van der Waals surface area (Å²) in [6.07, 6.45) is 34.2. The fraction of sp³-hybridized carbons (Fsp3) is 0.846. The number of allylic oxidation sites excluding steroid dienone is 4. The Labute approximate surface area is 285 Å². The van der Waals surface area contributed by atoms with Crippen molar-refractivity contribution in [3.05, 3.63) is 24.3 Å². The Balaban J connectivity index is 4.23. The molecule has 1 atom stereocenters. The van der Waals surface area contributed by atoms with Gasteiger partial charge in [-0.2, -0.15) is 0 Å². The minimum Gasteiger partial charge on any atom is -0.462 e. The van der Waals surface area contributed by atoms with E-state index >= 15 is 0 Å². The summed E-state index contributed by atoms with van der Waals surface area (Å²) in [7, 11) is 0. The maximum atomic E-state index is 12.5. The first-order valence-corrected chi connectivity index (χ1v) is 18.7. The maximum absolute atomic E-state index is 12.5. The van der Waals surface area contributed by atoms with Gasteiger partial charge >= 0.3 is 11.9 Å². The van der Waals surface area contributed by atoms with E-state index in [1.54, 1.807) is 0 Å². The summed E-state index contributed by atoms with van der Waals surface area (Å²) in [6.45, 7) is 1.18. The molecule has 0 heterocycles. The highest BCUT2D eigenvalue weighted by atomic mass is 35.5. The second kappa shape index (κ2) is 36.2. The SMILES string of the molecule is [2H]C([2H])(Cl)C([2H])(OC(=O)CCCCCCC/C=C/CCCCCCCC)C([2H])([2H])OC(=O)CCCCCCC/C=C/CCCCCCCC. The molecule has 0 fully saturated rings. The highest BCUT2D eigenvalue weighted by Gasteiger charge is 2.16. The van der Waals surface area contributed by atoms with Gasteiger partial charge in [-0.25, -0.2) is 0 Å². The van der Waals surface area contributed by atoms with Crippen molar-refractivity contribution < 1.29 is 25.9 Å². The molecular formula is C39H71ClO4. The normalized spacial score (nSPS) is 15.4.